The Labute approximate surface area is 44.7 Å². The number of hydrogen-bond donors (Lipinski definition) is 0. The van der Waals surface area contributed by atoms with E-state index in [9.17, 15) is 4.79 Å². The zero-order valence-corrected chi connectivity index (χ0v) is 4.77. The van der Waals surface area contributed by atoms with Gasteiger partial charge >= 0.3 is 0 Å². The fourth-order valence-corrected chi connectivity index (χ4v) is 0.166. The van der Waals surface area contributed by atoms with Crippen LogP contribution in [0.2, 0.25) is 0 Å². The van der Waals surface area contributed by atoms with Crippen molar-refractivity contribution in [1.29, 1.82) is 0 Å². The topological polar surface area (TPSA) is 17.1 Å². The van der Waals surface area contributed by atoms with Crippen LogP contribution in [0, 0.1) is 12.8 Å². The van der Waals surface area contributed by atoms with Gasteiger partial charge < -0.3 is 0 Å². The van der Waals surface area contributed by atoms with Crippen molar-refractivity contribution in [3.63, 3.8) is 0 Å². The summed E-state index contributed by atoms with van der Waals surface area (Å²) in [5.41, 5.74) is 0. The van der Waals surface area contributed by atoms with Gasteiger partial charge in [-0.1, -0.05) is 6.92 Å². The fraction of sp³-hybridized carbons (Fsp3) is 0.667. The summed E-state index contributed by atoms with van der Waals surface area (Å²) in [7, 11) is 0. The van der Waals surface area contributed by atoms with Crippen LogP contribution in [0.5, 0.6) is 0 Å². The SMILES string of the molecule is [CH]CC(C)C(C)=O. The van der Waals surface area contributed by atoms with E-state index in [4.69, 9.17) is 6.92 Å². The molecule has 7 heavy (non-hydrogen) atoms. The predicted molar refractivity (Wildman–Crippen MR) is 28.8 cm³/mol. The van der Waals surface area contributed by atoms with E-state index < -0.39 is 0 Å². The summed E-state index contributed by atoms with van der Waals surface area (Å²) in [5.74, 6) is 0.211. The fourth-order valence-electron chi connectivity index (χ4n) is 0.166. The summed E-state index contributed by atoms with van der Waals surface area (Å²) in [6.07, 6.45) is 0.468. The molecule has 0 bridgehead atoms. The van der Waals surface area contributed by atoms with Crippen molar-refractivity contribution in [2.45, 2.75) is 20.3 Å². The number of carbonyl (C=O) groups is 1. The predicted octanol–water partition coefficient (Wildman–Crippen LogP) is 1.31. The van der Waals surface area contributed by atoms with E-state index in [-0.39, 0.29) is 11.7 Å². The largest absolute Gasteiger partial charge is 0.300 e. The van der Waals surface area contributed by atoms with Crippen molar-refractivity contribution in [3.05, 3.63) is 6.92 Å². The van der Waals surface area contributed by atoms with Gasteiger partial charge in [0.15, 0.2) is 0 Å². The molecule has 0 aliphatic carbocycles. The third kappa shape index (κ3) is 2.38. The van der Waals surface area contributed by atoms with E-state index in [2.05, 4.69) is 0 Å². The van der Waals surface area contributed by atoms with Gasteiger partial charge in [0.05, 0.1) is 0 Å². The van der Waals surface area contributed by atoms with Crippen LogP contribution in [-0.2, 0) is 4.79 Å². The lowest BCUT2D eigenvalue weighted by Crippen LogP contribution is -2.03. The third-order valence-electron chi connectivity index (χ3n) is 1.05. The first kappa shape index (κ1) is 6.67. The Bertz CT molecular complexity index is 66.6. The monoisotopic (exact) mass is 98.1 g/mol. The van der Waals surface area contributed by atoms with Crippen LogP contribution >= 0.6 is 0 Å². The van der Waals surface area contributed by atoms with Crippen molar-refractivity contribution in [3.8, 4) is 0 Å². The molecule has 0 aromatic rings. The zero-order valence-electron chi connectivity index (χ0n) is 4.77. The van der Waals surface area contributed by atoms with Gasteiger partial charge in [-0.3, -0.25) is 4.79 Å². The van der Waals surface area contributed by atoms with E-state index in [1.165, 1.54) is 0 Å². The molecule has 0 fully saturated rings. The molecule has 0 amide bonds. The minimum absolute atomic E-state index is 0.0417. The van der Waals surface area contributed by atoms with Gasteiger partial charge in [-0.15, -0.1) is 0 Å². The summed E-state index contributed by atoms with van der Waals surface area (Å²) in [5, 5.41) is 0. The lowest BCUT2D eigenvalue weighted by atomic mass is 10.1. The molecular weight excluding hydrogens is 88.1 g/mol. The second-order valence-electron chi connectivity index (χ2n) is 1.75. The van der Waals surface area contributed by atoms with Crippen molar-refractivity contribution in [2.75, 3.05) is 0 Å². The Balaban J connectivity index is 3.34. The van der Waals surface area contributed by atoms with Crippen LogP contribution in [0.4, 0.5) is 0 Å². The smallest absolute Gasteiger partial charge is 0.132 e. The highest BCUT2D eigenvalue weighted by Crippen LogP contribution is 1.98. The maximum atomic E-state index is 10.3. The molecule has 40 valence electrons. The van der Waals surface area contributed by atoms with Crippen molar-refractivity contribution >= 4 is 5.78 Å². The van der Waals surface area contributed by atoms with Gasteiger partial charge in [-0.05, 0) is 20.3 Å². The van der Waals surface area contributed by atoms with Gasteiger partial charge in [-0.25, -0.2) is 0 Å². The molecule has 1 nitrogen and oxygen atoms in total. The summed E-state index contributed by atoms with van der Waals surface area (Å²) < 4.78 is 0. The van der Waals surface area contributed by atoms with Gasteiger partial charge in [0.25, 0.3) is 0 Å². The average molecular weight is 98.1 g/mol. The molecule has 2 radical (unpaired) electrons. The number of hydrogen-bond acceptors (Lipinski definition) is 1. The highest BCUT2D eigenvalue weighted by molar-refractivity contribution is 5.77. The maximum absolute atomic E-state index is 10.3. The molecule has 0 aliphatic heterocycles. The minimum Gasteiger partial charge on any atom is -0.300 e. The van der Waals surface area contributed by atoms with E-state index in [0.717, 1.165) is 0 Å². The highest BCUT2D eigenvalue weighted by atomic mass is 16.1. The summed E-state index contributed by atoms with van der Waals surface area (Å²) in [6, 6.07) is 0. The first-order valence-corrected chi connectivity index (χ1v) is 2.39. The summed E-state index contributed by atoms with van der Waals surface area (Å²) >= 11 is 0. The second-order valence-corrected chi connectivity index (χ2v) is 1.75. The van der Waals surface area contributed by atoms with E-state index in [1.807, 2.05) is 6.92 Å². The third-order valence-corrected chi connectivity index (χ3v) is 1.05. The first-order valence-electron chi connectivity index (χ1n) is 2.39. The van der Waals surface area contributed by atoms with E-state index in [0.29, 0.717) is 6.42 Å². The Morgan fingerprint density at radius 2 is 2.29 bits per heavy atom. The lowest BCUT2D eigenvalue weighted by Gasteiger charge is -1.98. The molecule has 0 saturated heterocycles. The average Bonchev–Trinajstić information content (AvgIpc) is 1.65. The standard InChI is InChI=1S/C6H10O/c1-4-5(2)6(3)7/h1,5H,4H2,2-3H3. The molecule has 0 saturated carbocycles. The quantitative estimate of drug-likeness (QED) is 0.509. The van der Waals surface area contributed by atoms with Crippen LogP contribution in [0.3, 0.4) is 0 Å². The highest BCUT2D eigenvalue weighted by Gasteiger charge is 2.01. The van der Waals surface area contributed by atoms with E-state index >= 15 is 0 Å². The number of ketones is 1. The molecule has 0 N–H and O–H groups in total. The lowest BCUT2D eigenvalue weighted by molar-refractivity contribution is -0.120. The summed E-state index contributed by atoms with van der Waals surface area (Å²) in [6.45, 7) is 8.53. The van der Waals surface area contributed by atoms with Gasteiger partial charge in [0, 0.05) is 5.92 Å². The maximum Gasteiger partial charge on any atom is 0.132 e. The number of carbonyl (C=O) groups excluding carboxylic acids is 1. The molecule has 0 aromatic heterocycles. The molecule has 0 spiro atoms. The van der Waals surface area contributed by atoms with Crippen LogP contribution in [0.1, 0.15) is 20.3 Å². The molecule has 1 heteroatoms. The molecular formula is C6H10O. The van der Waals surface area contributed by atoms with Gasteiger partial charge in [0.2, 0.25) is 0 Å². The zero-order chi connectivity index (χ0) is 5.86. The Morgan fingerprint density at radius 1 is 1.86 bits per heavy atom. The molecule has 0 heterocycles. The Morgan fingerprint density at radius 3 is 2.29 bits per heavy atom. The van der Waals surface area contributed by atoms with Crippen LogP contribution < -0.4 is 0 Å². The molecule has 0 aliphatic rings. The van der Waals surface area contributed by atoms with E-state index in [1.54, 1.807) is 6.92 Å². The molecule has 0 rings (SSSR count). The molecule has 0 aromatic carbocycles. The van der Waals surface area contributed by atoms with Gasteiger partial charge in [-0.2, -0.15) is 0 Å². The van der Waals surface area contributed by atoms with Crippen LogP contribution in [0.25, 0.3) is 0 Å². The number of rotatable bonds is 2. The van der Waals surface area contributed by atoms with Crippen molar-refractivity contribution in [2.24, 2.45) is 5.92 Å². The van der Waals surface area contributed by atoms with Gasteiger partial charge in [0.1, 0.15) is 5.78 Å². The first-order chi connectivity index (χ1) is 3.18. The normalized spacial score (nSPS) is 13.6. The second kappa shape index (κ2) is 2.78. The van der Waals surface area contributed by atoms with Crippen molar-refractivity contribution in [1.82, 2.24) is 0 Å². The minimum atomic E-state index is 0.0417. The Kier molecular flexibility index (Phi) is 2.65. The summed E-state index contributed by atoms with van der Waals surface area (Å²) in [4.78, 5) is 10.3. The Hall–Kier alpha value is -0.330. The van der Waals surface area contributed by atoms with Crippen molar-refractivity contribution < 1.29 is 4.79 Å². The molecule has 1 atom stereocenters. The van der Waals surface area contributed by atoms with Crippen LogP contribution in [0.15, 0.2) is 0 Å². The molecule has 1 unspecified atom stereocenters. The number of Topliss-reactive ketones (excluding diaryl/α,β-unsaturated/α-hetero) is 1. The van der Waals surface area contributed by atoms with Crippen LogP contribution in [-0.4, -0.2) is 5.78 Å².